The SMILES string of the molecule is CC(C)Cn1cc(-c2cccc3cc(C(C)Nc4ncnc5scnc45)n(-c4ccccc4)c(=O)c23)cn1. The lowest BCUT2D eigenvalue weighted by Gasteiger charge is -2.22. The summed E-state index contributed by atoms with van der Waals surface area (Å²) in [5.74, 6) is 1.12. The Balaban J connectivity index is 1.53. The molecule has 6 aromatic rings. The van der Waals surface area contributed by atoms with Crippen molar-refractivity contribution >= 4 is 38.3 Å². The highest BCUT2D eigenvalue weighted by Gasteiger charge is 2.20. The molecule has 0 aliphatic heterocycles. The van der Waals surface area contributed by atoms with Crippen LogP contribution >= 0.6 is 11.3 Å². The number of fused-ring (bicyclic) bond motifs is 2. The van der Waals surface area contributed by atoms with Crippen LogP contribution in [0.15, 0.2) is 83.6 Å². The first kappa shape index (κ1) is 24.0. The Morgan fingerprint density at radius 2 is 1.84 bits per heavy atom. The van der Waals surface area contributed by atoms with Gasteiger partial charge in [0.15, 0.2) is 5.82 Å². The van der Waals surface area contributed by atoms with Crippen LogP contribution in [-0.2, 0) is 6.54 Å². The Hall–Kier alpha value is -4.37. The second-order valence-electron chi connectivity index (χ2n) is 9.75. The summed E-state index contributed by atoms with van der Waals surface area (Å²) < 4.78 is 3.73. The van der Waals surface area contributed by atoms with Crippen molar-refractivity contribution in [3.63, 3.8) is 0 Å². The molecule has 4 heterocycles. The molecule has 0 spiro atoms. The molecule has 0 radical (unpaired) electrons. The Morgan fingerprint density at radius 1 is 1.00 bits per heavy atom. The monoisotopic (exact) mass is 521 g/mol. The van der Waals surface area contributed by atoms with Gasteiger partial charge in [-0.1, -0.05) is 50.2 Å². The first-order valence-corrected chi connectivity index (χ1v) is 13.4. The van der Waals surface area contributed by atoms with Crippen molar-refractivity contribution in [3.05, 3.63) is 94.9 Å². The van der Waals surface area contributed by atoms with E-state index in [0.29, 0.717) is 17.1 Å². The lowest BCUT2D eigenvalue weighted by atomic mass is 9.99. The van der Waals surface area contributed by atoms with Gasteiger partial charge >= 0.3 is 0 Å². The number of hydrogen-bond donors (Lipinski definition) is 1. The van der Waals surface area contributed by atoms with Gasteiger partial charge in [-0.3, -0.25) is 14.0 Å². The molecule has 0 bridgehead atoms. The molecule has 0 saturated heterocycles. The van der Waals surface area contributed by atoms with Crippen molar-refractivity contribution < 1.29 is 0 Å². The highest BCUT2D eigenvalue weighted by Crippen LogP contribution is 2.31. The van der Waals surface area contributed by atoms with Gasteiger partial charge in [0.1, 0.15) is 16.7 Å². The van der Waals surface area contributed by atoms with Gasteiger partial charge in [-0.05, 0) is 42.0 Å². The highest BCUT2D eigenvalue weighted by molar-refractivity contribution is 7.16. The van der Waals surface area contributed by atoms with Crippen LogP contribution in [0, 0.1) is 5.92 Å². The van der Waals surface area contributed by atoms with Crippen molar-refractivity contribution in [2.75, 3.05) is 5.32 Å². The maximum Gasteiger partial charge on any atom is 0.263 e. The number of aromatic nitrogens is 6. The van der Waals surface area contributed by atoms with Gasteiger partial charge in [0, 0.05) is 29.7 Å². The number of para-hydroxylation sites is 1. The average molecular weight is 522 g/mol. The molecule has 0 amide bonds. The molecule has 0 fully saturated rings. The van der Waals surface area contributed by atoms with Crippen LogP contribution in [0.3, 0.4) is 0 Å². The molecule has 1 unspecified atom stereocenters. The summed E-state index contributed by atoms with van der Waals surface area (Å²) in [5, 5.41) is 9.56. The molecule has 0 aliphatic carbocycles. The van der Waals surface area contributed by atoms with E-state index in [9.17, 15) is 4.79 Å². The van der Waals surface area contributed by atoms with Gasteiger partial charge in [-0.2, -0.15) is 5.10 Å². The standard InChI is InChI=1S/C29H27N7OS/c1-18(2)14-35-15-21(13-33-35)23-11-7-8-20-12-24(36(29(37)25(20)23)22-9-5-4-6-10-22)19(3)34-27-26-28(31-16-30-27)38-17-32-26/h4-13,15-19H,14H2,1-3H3,(H,30,31,34). The number of thiazole rings is 1. The van der Waals surface area contributed by atoms with E-state index < -0.39 is 0 Å². The number of rotatable bonds is 7. The smallest absolute Gasteiger partial charge is 0.263 e. The van der Waals surface area contributed by atoms with Crippen LogP contribution < -0.4 is 10.9 Å². The molecule has 2 aromatic carbocycles. The molecule has 0 saturated carbocycles. The molecule has 1 atom stereocenters. The van der Waals surface area contributed by atoms with Crippen LogP contribution in [0.25, 0.3) is 37.9 Å². The lowest BCUT2D eigenvalue weighted by Crippen LogP contribution is -2.26. The van der Waals surface area contributed by atoms with Gasteiger partial charge in [0.05, 0.1) is 23.1 Å². The average Bonchev–Trinajstić information content (AvgIpc) is 3.58. The zero-order valence-electron chi connectivity index (χ0n) is 21.4. The predicted octanol–water partition coefficient (Wildman–Crippen LogP) is 6.08. The molecule has 38 heavy (non-hydrogen) atoms. The Labute approximate surface area is 223 Å². The Bertz CT molecular complexity index is 1800. The van der Waals surface area contributed by atoms with E-state index in [0.717, 1.165) is 44.8 Å². The topological polar surface area (TPSA) is 90.5 Å². The third-order valence-corrected chi connectivity index (χ3v) is 7.25. The van der Waals surface area contributed by atoms with Crippen molar-refractivity contribution in [1.29, 1.82) is 0 Å². The lowest BCUT2D eigenvalue weighted by molar-refractivity contribution is 0.483. The van der Waals surface area contributed by atoms with E-state index in [4.69, 9.17) is 0 Å². The molecular formula is C29H27N7OS. The fourth-order valence-electron chi connectivity index (χ4n) is 4.84. The summed E-state index contributed by atoms with van der Waals surface area (Å²) in [5.41, 5.74) is 5.83. The summed E-state index contributed by atoms with van der Waals surface area (Å²) >= 11 is 1.47. The van der Waals surface area contributed by atoms with Crippen LogP contribution in [0.1, 0.15) is 32.5 Å². The third kappa shape index (κ3) is 4.35. The van der Waals surface area contributed by atoms with Crippen molar-refractivity contribution in [2.24, 2.45) is 5.92 Å². The maximum atomic E-state index is 14.3. The van der Waals surface area contributed by atoms with E-state index in [1.54, 1.807) is 10.1 Å². The predicted molar refractivity (Wildman–Crippen MR) is 153 cm³/mol. The zero-order valence-corrected chi connectivity index (χ0v) is 22.2. The highest BCUT2D eigenvalue weighted by atomic mass is 32.1. The van der Waals surface area contributed by atoms with Crippen LogP contribution in [-0.4, -0.2) is 29.3 Å². The Kier molecular flexibility index (Phi) is 6.21. The minimum Gasteiger partial charge on any atom is -0.360 e. The summed E-state index contributed by atoms with van der Waals surface area (Å²) in [6, 6.07) is 17.6. The van der Waals surface area contributed by atoms with E-state index in [2.05, 4.69) is 45.3 Å². The van der Waals surface area contributed by atoms with Gasteiger partial charge < -0.3 is 5.32 Å². The number of anilines is 1. The minimum absolute atomic E-state index is 0.0777. The zero-order chi connectivity index (χ0) is 26.2. The summed E-state index contributed by atoms with van der Waals surface area (Å²) in [6.45, 7) is 7.17. The molecule has 4 aromatic heterocycles. The second kappa shape index (κ2) is 9.83. The summed E-state index contributed by atoms with van der Waals surface area (Å²) in [4.78, 5) is 28.3. The van der Waals surface area contributed by atoms with E-state index in [1.165, 1.54) is 17.7 Å². The fourth-order valence-corrected chi connectivity index (χ4v) is 5.47. The summed E-state index contributed by atoms with van der Waals surface area (Å²) in [6.07, 6.45) is 5.40. The first-order valence-electron chi connectivity index (χ1n) is 12.6. The largest absolute Gasteiger partial charge is 0.360 e. The summed E-state index contributed by atoms with van der Waals surface area (Å²) in [7, 11) is 0. The van der Waals surface area contributed by atoms with E-state index >= 15 is 0 Å². The van der Waals surface area contributed by atoms with Crippen molar-refractivity contribution in [1.82, 2.24) is 29.3 Å². The second-order valence-corrected chi connectivity index (χ2v) is 10.6. The number of pyridine rings is 1. The number of nitrogens with zero attached hydrogens (tertiary/aromatic N) is 6. The van der Waals surface area contributed by atoms with Crippen LogP contribution in [0.4, 0.5) is 5.82 Å². The number of benzene rings is 2. The van der Waals surface area contributed by atoms with E-state index in [1.807, 2.05) is 72.5 Å². The Morgan fingerprint density at radius 3 is 2.66 bits per heavy atom. The molecule has 190 valence electrons. The number of nitrogens with one attached hydrogen (secondary N) is 1. The quantitative estimate of drug-likeness (QED) is 0.274. The fraction of sp³-hybridized carbons (Fsp3) is 0.207. The van der Waals surface area contributed by atoms with Gasteiger partial charge in [0.25, 0.3) is 5.56 Å². The molecule has 1 N–H and O–H groups in total. The molecule has 6 rings (SSSR count). The van der Waals surface area contributed by atoms with E-state index in [-0.39, 0.29) is 11.6 Å². The van der Waals surface area contributed by atoms with Crippen LogP contribution in [0.5, 0.6) is 0 Å². The van der Waals surface area contributed by atoms with Crippen LogP contribution in [0.2, 0.25) is 0 Å². The molecule has 0 aliphatic rings. The molecule has 8 nitrogen and oxygen atoms in total. The van der Waals surface area contributed by atoms with Gasteiger partial charge in [-0.25, -0.2) is 15.0 Å². The first-order chi connectivity index (χ1) is 18.5. The normalized spacial score (nSPS) is 12.4. The molecular weight excluding hydrogens is 494 g/mol. The molecule has 9 heteroatoms. The maximum absolute atomic E-state index is 14.3. The minimum atomic E-state index is -0.246. The number of hydrogen-bond acceptors (Lipinski definition) is 7. The van der Waals surface area contributed by atoms with Crippen molar-refractivity contribution in [2.45, 2.75) is 33.4 Å². The van der Waals surface area contributed by atoms with Gasteiger partial charge in [0.2, 0.25) is 0 Å². The van der Waals surface area contributed by atoms with Crippen molar-refractivity contribution in [3.8, 4) is 16.8 Å². The third-order valence-electron chi connectivity index (χ3n) is 6.52. The van der Waals surface area contributed by atoms with Gasteiger partial charge in [-0.15, -0.1) is 11.3 Å².